The second-order valence-corrected chi connectivity index (χ2v) is 6.97. The van der Waals surface area contributed by atoms with Crippen molar-refractivity contribution in [2.24, 2.45) is 0 Å². The van der Waals surface area contributed by atoms with E-state index < -0.39 is 6.04 Å². The van der Waals surface area contributed by atoms with Gasteiger partial charge in [-0.25, -0.2) is 9.07 Å². The van der Waals surface area contributed by atoms with E-state index in [0.29, 0.717) is 16.5 Å². The van der Waals surface area contributed by atoms with Crippen molar-refractivity contribution in [1.29, 1.82) is 0 Å². The minimum absolute atomic E-state index is 0.363. The average Bonchev–Trinajstić information content (AvgIpc) is 3.04. The Labute approximate surface area is 156 Å². The van der Waals surface area contributed by atoms with Crippen molar-refractivity contribution in [2.45, 2.75) is 6.04 Å². The summed E-state index contributed by atoms with van der Waals surface area (Å²) in [6, 6.07) is 12.3. The lowest BCUT2D eigenvalue weighted by atomic mass is 10.0. The first-order valence-corrected chi connectivity index (χ1v) is 8.67. The first kappa shape index (κ1) is 15.6. The molecule has 0 fully saturated rings. The second-order valence-electron chi connectivity index (χ2n) is 5.32. The van der Waals surface area contributed by atoms with Gasteiger partial charge in [0.05, 0.1) is 0 Å². The van der Waals surface area contributed by atoms with E-state index in [1.807, 2.05) is 30.3 Å². The van der Waals surface area contributed by atoms with Crippen molar-refractivity contribution >= 4 is 45.8 Å². The van der Waals surface area contributed by atoms with Crippen LogP contribution in [-0.2, 0) is 0 Å². The third-order valence-electron chi connectivity index (χ3n) is 3.86. The van der Waals surface area contributed by atoms with E-state index in [4.69, 9.17) is 11.6 Å². The van der Waals surface area contributed by atoms with Gasteiger partial charge < -0.3 is 5.32 Å². The minimum Gasteiger partial charge on any atom is -0.324 e. The first-order valence-electron chi connectivity index (χ1n) is 7.21. The van der Waals surface area contributed by atoms with Crippen LogP contribution in [0.2, 0.25) is 5.02 Å². The molecular weight excluding hydrogens is 442 g/mol. The summed E-state index contributed by atoms with van der Waals surface area (Å²) in [6.45, 7) is 0. The van der Waals surface area contributed by atoms with E-state index in [9.17, 15) is 4.39 Å². The summed E-state index contributed by atoms with van der Waals surface area (Å²) in [6.07, 6.45) is 3.35. The molecule has 0 radical (unpaired) electrons. The molecule has 1 aromatic heterocycles. The smallest absolute Gasteiger partial charge is 0.226 e. The number of hydrogen-bond donors (Lipinski definition) is 1. The van der Waals surface area contributed by atoms with Crippen molar-refractivity contribution in [3.63, 3.8) is 0 Å². The van der Waals surface area contributed by atoms with Gasteiger partial charge in [-0.3, -0.25) is 0 Å². The summed E-state index contributed by atoms with van der Waals surface area (Å²) >= 11 is 8.51. The Balaban J connectivity index is 1.87. The summed E-state index contributed by atoms with van der Waals surface area (Å²) in [4.78, 5) is 4.22. The van der Waals surface area contributed by atoms with Crippen LogP contribution in [0, 0.1) is 9.39 Å². The van der Waals surface area contributed by atoms with Gasteiger partial charge in [-0.2, -0.15) is 10.1 Å². The summed E-state index contributed by atoms with van der Waals surface area (Å²) < 4.78 is 17.2. The minimum atomic E-state index is -0.466. The van der Waals surface area contributed by atoms with E-state index in [1.165, 1.54) is 12.4 Å². The summed E-state index contributed by atoms with van der Waals surface area (Å²) in [5.41, 5.74) is 2.22. The lowest BCUT2D eigenvalue weighted by molar-refractivity contribution is 0.551. The maximum Gasteiger partial charge on any atom is 0.226 e. The zero-order chi connectivity index (χ0) is 16.7. The Morgan fingerprint density at radius 1 is 1.17 bits per heavy atom. The fourth-order valence-corrected chi connectivity index (χ4v) is 3.36. The quantitative estimate of drug-likeness (QED) is 0.572. The number of nitrogens with one attached hydrogen (secondary N) is 1. The van der Waals surface area contributed by atoms with Gasteiger partial charge in [0.2, 0.25) is 5.95 Å². The molecule has 0 aliphatic carbocycles. The van der Waals surface area contributed by atoms with Crippen LogP contribution < -0.4 is 5.32 Å². The van der Waals surface area contributed by atoms with Gasteiger partial charge in [0.15, 0.2) is 0 Å². The van der Waals surface area contributed by atoms with E-state index in [-0.39, 0.29) is 5.82 Å². The van der Waals surface area contributed by atoms with E-state index >= 15 is 0 Å². The lowest BCUT2D eigenvalue weighted by Gasteiger charge is -2.25. The predicted octanol–water partition coefficient (Wildman–Crippen LogP) is 4.73. The van der Waals surface area contributed by atoms with Gasteiger partial charge in [-0.1, -0.05) is 29.8 Å². The van der Waals surface area contributed by atoms with Gasteiger partial charge in [0, 0.05) is 19.9 Å². The number of fused-ring (bicyclic) bond motifs is 1. The van der Waals surface area contributed by atoms with Crippen LogP contribution in [0.15, 0.2) is 54.9 Å². The Bertz CT molecular complexity index is 916. The third-order valence-corrected chi connectivity index (χ3v) is 4.91. The van der Waals surface area contributed by atoms with Crippen LogP contribution in [0.3, 0.4) is 0 Å². The molecule has 0 saturated carbocycles. The predicted molar refractivity (Wildman–Crippen MR) is 100 cm³/mol. The number of anilines is 1. The normalized spacial score (nSPS) is 16.3. The molecule has 2 aromatic carbocycles. The van der Waals surface area contributed by atoms with Crippen LogP contribution >= 0.6 is 34.2 Å². The number of allylic oxidation sites excluding steroid dienone is 1. The molecule has 1 aliphatic heterocycles. The summed E-state index contributed by atoms with van der Waals surface area (Å²) in [5.74, 6) is 0.185. The number of hydrogen-bond acceptors (Lipinski definition) is 3. The van der Waals surface area contributed by atoms with Crippen LogP contribution in [0.25, 0.3) is 5.70 Å². The maximum absolute atomic E-state index is 14.4. The van der Waals surface area contributed by atoms with E-state index in [2.05, 4.69) is 38.0 Å². The molecule has 0 unspecified atom stereocenters. The van der Waals surface area contributed by atoms with Crippen LogP contribution in [0.1, 0.15) is 17.2 Å². The average molecular weight is 453 g/mol. The molecule has 0 bridgehead atoms. The summed E-state index contributed by atoms with van der Waals surface area (Å²) in [5, 5.41) is 7.81. The zero-order valence-electron chi connectivity index (χ0n) is 12.2. The molecule has 1 atom stereocenters. The highest BCUT2D eigenvalue weighted by Crippen LogP contribution is 2.36. The SMILES string of the molecule is Fc1cccc(Cl)c1[C@H]1C=C(c2ccc(I)cc2)Nc2ncnn21. The Kier molecular flexibility index (Phi) is 4.01. The number of halogens is 3. The molecule has 1 aliphatic rings. The first-order chi connectivity index (χ1) is 11.6. The Morgan fingerprint density at radius 3 is 2.71 bits per heavy atom. The molecule has 4 nitrogen and oxygen atoms in total. The van der Waals surface area contributed by atoms with Crippen LogP contribution in [0.4, 0.5) is 10.3 Å². The molecule has 1 N–H and O–H groups in total. The fourth-order valence-electron chi connectivity index (χ4n) is 2.73. The molecule has 0 spiro atoms. The number of nitrogens with zero attached hydrogens (tertiary/aromatic N) is 3. The van der Waals surface area contributed by atoms with Crippen molar-refractivity contribution in [1.82, 2.24) is 14.8 Å². The topological polar surface area (TPSA) is 42.7 Å². The molecule has 24 heavy (non-hydrogen) atoms. The zero-order valence-corrected chi connectivity index (χ0v) is 15.2. The van der Waals surface area contributed by atoms with Crippen molar-refractivity contribution in [3.8, 4) is 0 Å². The maximum atomic E-state index is 14.4. The van der Waals surface area contributed by atoms with Crippen molar-refractivity contribution in [3.05, 3.63) is 80.4 Å². The van der Waals surface area contributed by atoms with Crippen LogP contribution in [-0.4, -0.2) is 14.8 Å². The standard InChI is InChI=1S/C17H11ClFIN4/c18-12-2-1-3-13(19)16(12)15-8-14(10-4-6-11(20)7-5-10)23-17-21-9-22-24(15)17/h1-9,15H,(H,21,22,23)/t15-/m1/s1. The van der Waals surface area contributed by atoms with Crippen molar-refractivity contribution in [2.75, 3.05) is 5.32 Å². The molecular formula is C17H11ClFIN4. The van der Waals surface area contributed by atoms with Gasteiger partial charge >= 0.3 is 0 Å². The fraction of sp³-hybridized carbons (Fsp3) is 0.0588. The number of benzene rings is 2. The number of rotatable bonds is 2. The largest absolute Gasteiger partial charge is 0.324 e. The van der Waals surface area contributed by atoms with Crippen LogP contribution in [0.5, 0.6) is 0 Å². The Morgan fingerprint density at radius 2 is 1.96 bits per heavy atom. The highest BCUT2D eigenvalue weighted by Gasteiger charge is 2.27. The molecule has 2 heterocycles. The summed E-state index contributed by atoms with van der Waals surface area (Å²) in [7, 11) is 0. The van der Waals surface area contributed by atoms with E-state index in [1.54, 1.807) is 16.8 Å². The second kappa shape index (κ2) is 6.18. The third kappa shape index (κ3) is 2.69. The van der Waals surface area contributed by atoms with E-state index in [0.717, 1.165) is 14.8 Å². The lowest BCUT2D eigenvalue weighted by Crippen LogP contribution is -2.21. The molecule has 0 saturated heterocycles. The Hall–Kier alpha value is -1.93. The highest BCUT2D eigenvalue weighted by atomic mass is 127. The van der Waals surface area contributed by atoms with Gasteiger partial charge in [0.25, 0.3) is 0 Å². The van der Waals surface area contributed by atoms with Gasteiger partial charge in [-0.15, -0.1) is 0 Å². The molecule has 0 amide bonds. The highest BCUT2D eigenvalue weighted by molar-refractivity contribution is 14.1. The van der Waals surface area contributed by atoms with Gasteiger partial charge in [-0.05, 0) is 58.5 Å². The van der Waals surface area contributed by atoms with Gasteiger partial charge in [0.1, 0.15) is 18.2 Å². The molecule has 120 valence electrons. The van der Waals surface area contributed by atoms with Crippen molar-refractivity contribution < 1.29 is 4.39 Å². The molecule has 4 rings (SSSR count). The monoisotopic (exact) mass is 452 g/mol. The number of aromatic nitrogens is 3. The molecule has 3 aromatic rings. The molecule has 7 heteroatoms.